The zero-order valence-electron chi connectivity index (χ0n) is 14.8. The number of carbonyl (C=O) groups excluding carboxylic acids is 1. The van der Waals surface area contributed by atoms with Crippen molar-refractivity contribution in [2.24, 2.45) is 5.92 Å². The number of amides is 1. The molecule has 1 amide bonds. The molecule has 1 aromatic rings. The molecule has 1 aliphatic heterocycles. The van der Waals surface area contributed by atoms with Crippen molar-refractivity contribution in [3.63, 3.8) is 0 Å². The summed E-state index contributed by atoms with van der Waals surface area (Å²) < 4.78 is 5.80. The number of ether oxygens (including phenoxy) is 1. The van der Waals surface area contributed by atoms with E-state index in [4.69, 9.17) is 4.74 Å². The Morgan fingerprint density at radius 2 is 1.87 bits per heavy atom. The molecule has 1 aromatic carbocycles. The highest BCUT2D eigenvalue weighted by Crippen LogP contribution is 2.24. The minimum atomic E-state index is 0.0136. The fraction of sp³-hybridized carbons (Fsp3) is 0.632. The van der Waals surface area contributed by atoms with Gasteiger partial charge in [-0.3, -0.25) is 4.79 Å². The zero-order chi connectivity index (χ0) is 16.9. The summed E-state index contributed by atoms with van der Waals surface area (Å²) in [5.41, 5.74) is 1.44. The van der Waals surface area contributed by atoms with E-state index in [0.717, 1.165) is 31.7 Å². The number of hydrogen-bond donors (Lipinski definition) is 2. The predicted molar refractivity (Wildman–Crippen MR) is 93.8 cm³/mol. The summed E-state index contributed by atoms with van der Waals surface area (Å²) in [5, 5.41) is 6.34. The van der Waals surface area contributed by atoms with Crippen LogP contribution in [0.2, 0.25) is 0 Å². The summed E-state index contributed by atoms with van der Waals surface area (Å²) in [6, 6.07) is 8.23. The maximum Gasteiger partial charge on any atom is 0.223 e. The highest BCUT2D eigenvalue weighted by atomic mass is 16.5. The Morgan fingerprint density at radius 3 is 2.43 bits per heavy atom. The van der Waals surface area contributed by atoms with Gasteiger partial charge in [-0.15, -0.1) is 0 Å². The molecule has 0 aliphatic carbocycles. The molecule has 2 N–H and O–H groups in total. The van der Waals surface area contributed by atoms with E-state index in [1.54, 1.807) is 0 Å². The minimum absolute atomic E-state index is 0.0136. The van der Waals surface area contributed by atoms with Gasteiger partial charge in [-0.25, -0.2) is 0 Å². The molecule has 1 aliphatic rings. The molecule has 0 radical (unpaired) electrons. The Kier molecular flexibility index (Phi) is 6.05. The topological polar surface area (TPSA) is 50.4 Å². The Balaban J connectivity index is 1.77. The summed E-state index contributed by atoms with van der Waals surface area (Å²) in [6.07, 6.45) is 1.85. The number of rotatable bonds is 5. The van der Waals surface area contributed by atoms with Crippen LogP contribution < -0.4 is 15.4 Å². The van der Waals surface area contributed by atoms with Gasteiger partial charge < -0.3 is 15.4 Å². The van der Waals surface area contributed by atoms with Crippen molar-refractivity contribution in [2.45, 2.75) is 52.0 Å². The van der Waals surface area contributed by atoms with Crippen LogP contribution in [0.15, 0.2) is 24.3 Å². The summed E-state index contributed by atoms with van der Waals surface area (Å²) in [7, 11) is 0. The first-order chi connectivity index (χ1) is 10.9. The summed E-state index contributed by atoms with van der Waals surface area (Å²) >= 11 is 0. The lowest BCUT2D eigenvalue weighted by atomic mass is 9.87. The van der Waals surface area contributed by atoms with E-state index in [0.29, 0.717) is 6.61 Å². The van der Waals surface area contributed by atoms with Crippen LogP contribution >= 0.6 is 0 Å². The largest absolute Gasteiger partial charge is 0.491 e. The van der Waals surface area contributed by atoms with Gasteiger partial charge in [-0.05, 0) is 56.0 Å². The van der Waals surface area contributed by atoms with Crippen LogP contribution in [0.4, 0.5) is 0 Å². The molecule has 1 atom stereocenters. The van der Waals surface area contributed by atoms with Crippen LogP contribution in [-0.2, 0) is 10.2 Å². The molecular formula is C19H30N2O2. The molecule has 1 fully saturated rings. The van der Waals surface area contributed by atoms with Gasteiger partial charge in [-0.2, -0.15) is 0 Å². The third-order valence-corrected chi connectivity index (χ3v) is 4.32. The Bertz CT molecular complexity index is 499. The molecule has 4 nitrogen and oxygen atoms in total. The average molecular weight is 318 g/mol. The van der Waals surface area contributed by atoms with Gasteiger partial charge in [0.25, 0.3) is 0 Å². The number of hydrogen-bond acceptors (Lipinski definition) is 3. The van der Waals surface area contributed by atoms with E-state index in [-0.39, 0.29) is 23.3 Å². The number of nitrogens with one attached hydrogen (secondary N) is 2. The maximum absolute atomic E-state index is 12.2. The molecule has 0 unspecified atom stereocenters. The van der Waals surface area contributed by atoms with Crippen molar-refractivity contribution < 1.29 is 9.53 Å². The summed E-state index contributed by atoms with van der Waals surface area (Å²) in [5.74, 6) is 1.15. The van der Waals surface area contributed by atoms with Crippen LogP contribution in [0.25, 0.3) is 0 Å². The first-order valence-electron chi connectivity index (χ1n) is 8.60. The van der Waals surface area contributed by atoms with Crippen LogP contribution in [-0.4, -0.2) is 31.6 Å². The fourth-order valence-corrected chi connectivity index (χ4v) is 2.76. The van der Waals surface area contributed by atoms with Crippen LogP contribution in [0.5, 0.6) is 5.75 Å². The molecular weight excluding hydrogens is 288 g/mol. The van der Waals surface area contributed by atoms with Crippen molar-refractivity contribution >= 4 is 5.91 Å². The van der Waals surface area contributed by atoms with Crippen molar-refractivity contribution in [1.82, 2.24) is 10.6 Å². The van der Waals surface area contributed by atoms with Gasteiger partial charge in [0.05, 0.1) is 6.04 Å². The highest BCUT2D eigenvalue weighted by Gasteiger charge is 2.22. The molecule has 4 heteroatoms. The van der Waals surface area contributed by atoms with Crippen molar-refractivity contribution in [3.05, 3.63) is 29.8 Å². The molecule has 128 valence electrons. The van der Waals surface area contributed by atoms with E-state index in [9.17, 15) is 4.79 Å². The molecule has 2 rings (SSSR count). The normalized spacial score (nSPS) is 17.6. The van der Waals surface area contributed by atoms with Crippen LogP contribution in [0.1, 0.15) is 46.1 Å². The van der Waals surface area contributed by atoms with Gasteiger partial charge in [-0.1, -0.05) is 32.9 Å². The average Bonchev–Trinajstić information content (AvgIpc) is 2.53. The quantitative estimate of drug-likeness (QED) is 0.878. The first-order valence-corrected chi connectivity index (χ1v) is 8.60. The molecule has 1 heterocycles. The van der Waals surface area contributed by atoms with Gasteiger partial charge in [0.2, 0.25) is 5.91 Å². The molecule has 1 saturated heterocycles. The number of piperidine rings is 1. The third-order valence-electron chi connectivity index (χ3n) is 4.32. The zero-order valence-corrected chi connectivity index (χ0v) is 14.8. The standard InChI is InChI=1S/C19H30N2O2/c1-14(21-18(22)15-9-11-20-12-10-15)13-23-17-7-5-16(6-8-17)19(2,3)4/h5-8,14-15,20H,9-13H2,1-4H3,(H,21,22)/t14-/m1/s1. The monoisotopic (exact) mass is 318 g/mol. The van der Waals surface area contributed by atoms with Crippen LogP contribution in [0, 0.1) is 5.92 Å². The Labute approximate surface area is 140 Å². The van der Waals surface area contributed by atoms with Crippen LogP contribution in [0.3, 0.4) is 0 Å². The van der Waals surface area contributed by atoms with Gasteiger partial charge in [0, 0.05) is 5.92 Å². The van der Waals surface area contributed by atoms with E-state index >= 15 is 0 Å². The second kappa shape index (κ2) is 7.82. The lowest BCUT2D eigenvalue weighted by Crippen LogP contribution is -2.43. The lowest BCUT2D eigenvalue weighted by Gasteiger charge is -2.24. The molecule has 23 heavy (non-hydrogen) atoms. The van der Waals surface area contributed by atoms with E-state index in [1.165, 1.54) is 5.56 Å². The highest BCUT2D eigenvalue weighted by molar-refractivity contribution is 5.79. The van der Waals surface area contributed by atoms with Crippen molar-refractivity contribution in [3.8, 4) is 5.75 Å². The van der Waals surface area contributed by atoms with E-state index in [1.807, 2.05) is 19.1 Å². The van der Waals surface area contributed by atoms with Gasteiger partial charge in [0.15, 0.2) is 0 Å². The lowest BCUT2D eigenvalue weighted by molar-refractivity contribution is -0.126. The maximum atomic E-state index is 12.2. The number of carbonyl (C=O) groups is 1. The molecule has 0 aromatic heterocycles. The van der Waals surface area contributed by atoms with Crippen molar-refractivity contribution in [2.75, 3.05) is 19.7 Å². The molecule has 0 bridgehead atoms. The van der Waals surface area contributed by atoms with E-state index in [2.05, 4.69) is 43.5 Å². The first kappa shape index (κ1) is 17.8. The summed E-state index contributed by atoms with van der Waals surface area (Å²) in [6.45, 7) is 10.9. The van der Waals surface area contributed by atoms with E-state index < -0.39 is 0 Å². The second-order valence-corrected chi connectivity index (χ2v) is 7.52. The van der Waals surface area contributed by atoms with Crippen molar-refractivity contribution in [1.29, 1.82) is 0 Å². The fourth-order valence-electron chi connectivity index (χ4n) is 2.76. The summed E-state index contributed by atoms with van der Waals surface area (Å²) in [4.78, 5) is 12.2. The van der Waals surface area contributed by atoms with Gasteiger partial charge in [0.1, 0.15) is 12.4 Å². The number of benzene rings is 1. The Morgan fingerprint density at radius 1 is 1.26 bits per heavy atom. The second-order valence-electron chi connectivity index (χ2n) is 7.52. The molecule has 0 saturated carbocycles. The third kappa shape index (κ3) is 5.54. The predicted octanol–water partition coefficient (Wildman–Crippen LogP) is 2.87. The smallest absolute Gasteiger partial charge is 0.223 e. The minimum Gasteiger partial charge on any atom is -0.491 e. The van der Waals surface area contributed by atoms with Gasteiger partial charge >= 0.3 is 0 Å². The molecule has 0 spiro atoms. The SMILES string of the molecule is C[C@H](COc1ccc(C(C)(C)C)cc1)NC(=O)C1CCNCC1. The Hall–Kier alpha value is -1.55.